The fourth-order valence-corrected chi connectivity index (χ4v) is 3.80. The van der Waals surface area contributed by atoms with Crippen LogP contribution in [0, 0.1) is 12.7 Å². The maximum Gasteiger partial charge on any atom is 0.251 e. The average Bonchev–Trinajstić information content (AvgIpc) is 3.52. The molecule has 2 N–H and O–H groups in total. The minimum absolute atomic E-state index is 0.0420. The fourth-order valence-electron chi connectivity index (χ4n) is 3.80. The Morgan fingerprint density at radius 3 is 2.79 bits per heavy atom. The van der Waals surface area contributed by atoms with E-state index in [1.54, 1.807) is 28.9 Å². The number of halogens is 1. The van der Waals surface area contributed by atoms with Crippen LogP contribution in [0.1, 0.15) is 42.1 Å². The molecule has 34 heavy (non-hydrogen) atoms. The van der Waals surface area contributed by atoms with E-state index >= 15 is 0 Å². The zero-order valence-electron chi connectivity index (χ0n) is 19.1. The number of carbonyl (C=O) groups excluding carboxylic acids is 1. The van der Waals surface area contributed by atoms with Crippen LogP contribution < -0.4 is 15.4 Å². The molecule has 0 aliphatic heterocycles. The van der Waals surface area contributed by atoms with Gasteiger partial charge in [-0.25, -0.2) is 13.9 Å². The molecule has 7 nitrogen and oxygen atoms in total. The summed E-state index contributed by atoms with van der Waals surface area (Å²) in [6.45, 7) is 4.76. The van der Waals surface area contributed by atoms with Crippen molar-refractivity contribution >= 4 is 17.2 Å². The zero-order chi connectivity index (χ0) is 23.7. The lowest BCUT2D eigenvalue weighted by Crippen LogP contribution is -2.26. The van der Waals surface area contributed by atoms with Crippen LogP contribution in [0.2, 0.25) is 0 Å². The van der Waals surface area contributed by atoms with E-state index in [9.17, 15) is 9.18 Å². The van der Waals surface area contributed by atoms with Gasteiger partial charge in [-0.2, -0.15) is 0 Å². The number of rotatable bonds is 8. The Bertz CT molecular complexity index is 1360. The van der Waals surface area contributed by atoms with Gasteiger partial charge in [0, 0.05) is 35.8 Å². The van der Waals surface area contributed by atoms with E-state index in [4.69, 9.17) is 4.74 Å². The summed E-state index contributed by atoms with van der Waals surface area (Å²) < 4.78 is 21.2. The van der Waals surface area contributed by atoms with Crippen LogP contribution in [-0.4, -0.2) is 33.1 Å². The number of nitrogens with one attached hydrogen (secondary N) is 2. The SMILES string of the molecule is CCCNc1cc(Oc2cccc(F)c2)nn2c(-c3ccc(C(=O)NC4CC4)c(C)c3)cnc12. The third-order valence-electron chi connectivity index (χ3n) is 5.71. The number of ether oxygens (including phenoxy) is 1. The lowest BCUT2D eigenvalue weighted by Gasteiger charge is -2.12. The van der Waals surface area contributed by atoms with Crippen LogP contribution >= 0.6 is 0 Å². The molecule has 5 rings (SSSR count). The number of aromatic nitrogens is 3. The number of anilines is 1. The molecule has 1 aliphatic rings. The number of hydrogen-bond acceptors (Lipinski definition) is 5. The van der Waals surface area contributed by atoms with Crippen LogP contribution in [0.5, 0.6) is 11.6 Å². The van der Waals surface area contributed by atoms with Gasteiger partial charge in [0.25, 0.3) is 5.91 Å². The lowest BCUT2D eigenvalue weighted by molar-refractivity contribution is 0.0950. The summed E-state index contributed by atoms with van der Waals surface area (Å²) in [5.74, 6) is 0.247. The second-order valence-corrected chi connectivity index (χ2v) is 8.54. The summed E-state index contributed by atoms with van der Waals surface area (Å²) in [5, 5.41) is 11.0. The first-order chi connectivity index (χ1) is 16.5. The van der Waals surface area contributed by atoms with Gasteiger partial charge in [-0.1, -0.05) is 19.1 Å². The normalized spacial score (nSPS) is 13.1. The molecule has 1 saturated carbocycles. The molecule has 2 aromatic heterocycles. The molecule has 0 radical (unpaired) electrons. The second-order valence-electron chi connectivity index (χ2n) is 8.54. The van der Waals surface area contributed by atoms with Crippen molar-refractivity contribution in [2.45, 2.75) is 39.2 Å². The Morgan fingerprint density at radius 1 is 1.21 bits per heavy atom. The first-order valence-electron chi connectivity index (χ1n) is 11.5. The average molecular weight is 460 g/mol. The highest BCUT2D eigenvalue weighted by atomic mass is 19.1. The smallest absolute Gasteiger partial charge is 0.251 e. The molecule has 174 valence electrons. The maximum absolute atomic E-state index is 13.6. The van der Waals surface area contributed by atoms with Gasteiger partial charge in [-0.05, 0) is 56.0 Å². The van der Waals surface area contributed by atoms with Gasteiger partial charge in [0.2, 0.25) is 5.88 Å². The third kappa shape index (κ3) is 4.57. The third-order valence-corrected chi connectivity index (χ3v) is 5.71. The number of aryl methyl sites for hydroxylation is 1. The summed E-state index contributed by atoms with van der Waals surface area (Å²) in [6, 6.07) is 13.7. The highest BCUT2D eigenvalue weighted by Crippen LogP contribution is 2.30. The number of hydrogen-bond donors (Lipinski definition) is 2. The molecule has 2 heterocycles. The Hall–Kier alpha value is -3.94. The fraction of sp³-hybridized carbons (Fsp3) is 0.269. The first kappa shape index (κ1) is 21.9. The lowest BCUT2D eigenvalue weighted by atomic mass is 10.0. The summed E-state index contributed by atoms with van der Waals surface area (Å²) >= 11 is 0. The molecular formula is C26H26FN5O2. The number of nitrogens with zero attached hydrogens (tertiary/aromatic N) is 3. The Kier molecular flexibility index (Phi) is 5.88. The Balaban J connectivity index is 1.53. The largest absolute Gasteiger partial charge is 0.437 e. The molecule has 0 spiro atoms. The highest BCUT2D eigenvalue weighted by Gasteiger charge is 2.24. The van der Waals surface area contributed by atoms with E-state index < -0.39 is 0 Å². The number of carbonyl (C=O) groups is 1. The van der Waals surface area contributed by atoms with Crippen molar-refractivity contribution in [2.75, 3.05) is 11.9 Å². The number of imidazole rings is 1. The molecular weight excluding hydrogens is 433 g/mol. The molecule has 0 saturated heterocycles. The predicted molar refractivity (Wildman–Crippen MR) is 129 cm³/mol. The summed E-state index contributed by atoms with van der Waals surface area (Å²) in [4.78, 5) is 17.1. The molecule has 1 amide bonds. The van der Waals surface area contributed by atoms with Gasteiger partial charge in [-0.15, -0.1) is 5.10 Å². The standard InChI is InChI=1S/C26H26FN5O2/c1-3-11-28-22-14-24(34-20-6-4-5-18(27)13-20)31-32-23(15-29-25(22)32)17-7-10-21(16(2)12-17)26(33)30-19-8-9-19/h4-7,10,12-15,19,28H,3,8-9,11H2,1-2H3,(H,30,33). The van der Waals surface area contributed by atoms with Gasteiger partial charge < -0.3 is 15.4 Å². The van der Waals surface area contributed by atoms with Gasteiger partial charge in [-0.3, -0.25) is 4.79 Å². The summed E-state index contributed by atoms with van der Waals surface area (Å²) in [7, 11) is 0. The minimum Gasteiger partial charge on any atom is -0.437 e. The van der Waals surface area contributed by atoms with E-state index in [-0.39, 0.29) is 11.7 Å². The highest BCUT2D eigenvalue weighted by molar-refractivity contribution is 5.96. The van der Waals surface area contributed by atoms with Crippen molar-refractivity contribution in [2.24, 2.45) is 0 Å². The molecule has 8 heteroatoms. The first-order valence-corrected chi connectivity index (χ1v) is 11.5. The van der Waals surface area contributed by atoms with Crippen molar-refractivity contribution in [3.63, 3.8) is 0 Å². The molecule has 1 aliphatic carbocycles. The molecule has 1 fully saturated rings. The van der Waals surface area contributed by atoms with Gasteiger partial charge >= 0.3 is 0 Å². The summed E-state index contributed by atoms with van der Waals surface area (Å²) in [5.41, 5.74) is 4.61. The van der Waals surface area contributed by atoms with Crippen LogP contribution in [0.3, 0.4) is 0 Å². The molecule has 0 atom stereocenters. The quantitative estimate of drug-likeness (QED) is 0.371. The Morgan fingerprint density at radius 2 is 2.06 bits per heavy atom. The van der Waals surface area contributed by atoms with Crippen LogP contribution in [0.25, 0.3) is 16.9 Å². The predicted octanol–water partition coefficient (Wildman–Crippen LogP) is 5.35. The van der Waals surface area contributed by atoms with E-state index in [0.29, 0.717) is 28.9 Å². The van der Waals surface area contributed by atoms with Crippen LogP contribution in [0.15, 0.2) is 54.7 Å². The van der Waals surface area contributed by atoms with E-state index in [1.807, 2.05) is 25.1 Å². The van der Waals surface area contributed by atoms with Gasteiger partial charge in [0.15, 0.2) is 5.65 Å². The molecule has 0 bridgehead atoms. The van der Waals surface area contributed by atoms with Crippen molar-refractivity contribution < 1.29 is 13.9 Å². The number of amides is 1. The topological polar surface area (TPSA) is 80.5 Å². The van der Waals surface area contributed by atoms with Crippen molar-refractivity contribution in [1.82, 2.24) is 19.9 Å². The molecule has 0 unspecified atom stereocenters. The van der Waals surface area contributed by atoms with Crippen LogP contribution in [-0.2, 0) is 0 Å². The van der Waals surface area contributed by atoms with Crippen molar-refractivity contribution in [3.8, 4) is 22.9 Å². The van der Waals surface area contributed by atoms with Crippen molar-refractivity contribution in [1.29, 1.82) is 0 Å². The monoisotopic (exact) mass is 459 g/mol. The minimum atomic E-state index is -0.382. The maximum atomic E-state index is 13.6. The van der Waals surface area contributed by atoms with E-state index in [2.05, 4.69) is 27.6 Å². The van der Waals surface area contributed by atoms with E-state index in [1.165, 1.54) is 12.1 Å². The second kappa shape index (κ2) is 9.13. The Labute approximate surface area is 197 Å². The van der Waals surface area contributed by atoms with Crippen molar-refractivity contribution in [3.05, 3.63) is 71.7 Å². The molecule has 2 aromatic carbocycles. The van der Waals surface area contributed by atoms with Crippen LogP contribution in [0.4, 0.5) is 10.1 Å². The molecule has 4 aromatic rings. The van der Waals surface area contributed by atoms with Gasteiger partial charge in [0.1, 0.15) is 11.6 Å². The van der Waals surface area contributed by atoms with Gasteiger partial charge in [0.05, 0.1) is 17.6 Å². The summed E-state index contributed by atoms with van der Waals surface area (Å²) in [6.07, 6.45) is 4.78. The number of benzene rings is 2. The van der Waals surface area contributed by atoms with E-state index in [0.717, 1.165) is 48.3 Å². The number of fused-ring (bicyclic) bond motifs is 1. The zero-order valence-corrected chi connectivity index (χ0v) is 19.1.